The monoisotopic (exact) mass is 226 g/mol. The fraction of sp³-hybridized carbons (Fsp3) is 0.917. The largest absolute Gasteiger partial charge is 0.370 e. The van der Waals surface area contributed by atoms with E-state index in [2.05, 4.69) is 29.1 Å². The molecule has 4 nitrogen and oxygen atoms in total. The highest BCUT2D eigenvalue weighted by Crippen LogP contribution is 2.16. The van der Waals surface area contributed by atoms with Crippen molar-refractivity contribution in [2.45, 2.75) is 33.1 Å². The van der Waals surface area contributed by atoms with Crippen molar-refractivity contribution >= 4 is 5.96 Å². The van der Waals surface area contributed by atoms with Crippen LogP contribution in [0.1, 0.15) is 33.1 Å². The lowest BCUT2D eigenvalue weighted by Crippen LogP contribution is -2.36. The summed E-state index contributed by atoms with van der Waals surface area (Å²) in [5, 5.41) is 3.11. The van der Waals surface area contributed by atoms with E-state index in [0.29, 0.717) is 5.96 Å². The Morgan fingerprint density at radius 1 is 1.38 bits per heavy atom. The molecule has 16 heavy (non-hydrogen) atoms. The van der Waals surface area contributed by atoms with Gasteiger partial charge in [-0.05, 0) is 44.8 Å². The smallest absolute Gasteiger partial charge is 0.188 e. The second-order valence-electron chi connectivity index (χ2n) is 4.53. The molecule has 0 aromatic rings. The van der Waals surface area contributed by atoms with Gasteiger partial charge in [-0.2, -0.15) is 0 Å². The molecule has 0 aromatic heterocycles. The Hall–Kier alpha value is -0.770. The molecule has 1 saturated heterocycles. The summed E-state index contributed by atoms with van der Waals surface area (Å²) in [5.41, 5.74) is 5.76. The number of nitrogens with zero attached hydrogens (tertiary/aromatic N) is 2. The van der Waals surface area contributed by atoms with Gasteiger partial charge in [0, 0.05) is 13.1 Å². The lowest BCUT2D eigenvalue weighted by Gasteiger charge is -2.30. The minimum Gasteiger partial charge on any atom is -0.370 e. The van der Waals surface area contributed by atoms with Gasteiger partial charge in [0.15, 0.2) is 5.96 Å². The van der Waals surface area contributed by atoms with Crippen LogP contribution in [0, 0.1) is 5.92 Å². The van der Waals surface area contributed by atoms with Gasteiger partial charge in [0.2, 0.25) is 0 Å². The molecule has 0 aromatic carbocycles. The van der Waals surface area contributed by atoms with Crippen LogP contribution in [0.4, 0.5) is 0 Å². The fourth-order valence-electron chi connectivity index (χ4n) is 2.02. The van der Waals surface area contributed by atoms with Crippen molar-refractivity contribution in [2.24, 2.45) is 16.6 Å². The maximum absolute atomic E-state index is 5.76. The van der Waals surface area contributed by atoms with Crippen molar-refractivity contribution in [1.82, 2.24) is 10.2 Å². The van der Waals surface area contributed by atoms with Gasteiger partial charge in [-0.25, -0.2) is 0 Å². The van der Waals surface area contributed by atoms with Crippen molar-refractivity contribution in [1.29, 1.82) is 0 Å². The predicted octanol–water partition coefficient (Wildman–Crippen LogP) is 1.03. The molecule has 4 heteroatoms. The average Bonchev–Trinajstić information content (AvgIpc) is 2.34. The normalized spacial score (nSPS) is 20.0. The minimum atomic E-state index is 0.611. The highest BCUT2D eigenvalue weighted by atomic mass is 15.1. The van der Waals surface area contributed by atoms with Crippen LogP contribution in [0.3, 0.4) is 0 Å². The lowest BCUT2D eigenvalue weighted by atomic mass is 9.97. The zero-order valence-corrected chi connectivity index (χ0v) is 10.7. The maximum atomic E-state index is 5.76. The van der Waals surface area contributed by atoms with Crippen LogP contribution in [0.25, 0.3) is 0 Å². The molecule has 1 rings (SSSR count). The third-order valence-corrected chi connectivity index (χ3v) is 3.23. The van der Waals surface area contributed by atoms with Gasteiger partial charge in [0.25, 0.3) is 0 Å². The number of hydrogen-bond acceptors (Lipinski definition) is 2. The Bertz CT molecular complexity index is 207. The second-order valence-corrected chi connectivity index (χ2v) is 4.53. The first-order valence-electron chi connectivity index (χ1n) is 6.52. The molecular weight excluding hydrogens is 200 g/mol. The van der Waals surface area contributed by atoms with Crippen LogP contribution in [0.5, 0.6) is 0 Å². The highest BCUT2D eigenvalue weighted by Gasteiger charge is 2.17. The predicted molar refractivity (Wildman–Crippen MR) is 69.6 cm³/mol. The number of aliphatic imine (C=N–C) groups is 1. The number of nitrogens with one attached hydrogen (secondary N) is 1. The van der Waals surface area contributed by atoms with Crippen molar-refractivity contribution < 1.29 is 0 Å². The Morgan fingerprint density at radius 3 is 2.62 bits per heavy atom. The Balaban J connectivity index is 2.18. The molecule has 0 amide bonds. The van der Waals surface area contributed by atoms with Crippen molar-refractivity contribution in [3.05, 3.63) is 0 Å². The lowest BCUT2D eigenvalue weighted by molar-refractivity contribution is 0.196. The SMILES string of the molecule is CCCNC(N)=NCC1CCN(CC)CC1. The van der Waals surface area contributed by atoms with E-state index in [1.165, 1.54) is 32.5 Å². The van der Waals surface area contributed by atoms with Gasteiger partial charge in [-0.1, -0.05) is 13.8 Å². The van der Waals surface area contributed by atoms with Crippen molar-refractivity contribution in [3.63, 3.8) is 0 Å². The van der Waals surface area contributed by atoms with Crippen LogP contribution < -0.4 is 11.1 Å². The van der Waals surface area contributed by atoms with E-state index < -0.39 is 0 Å². The quantitative estimate of drug-likeness (QED) is 0.544. The molecule has 1 fully saturated rings. The molecule has 94 valence electrons. The van der Waals surface area contributed by atoms with Gasteiger partial charge in [0.1, 0.15) is 0 Å². The van der Waals surface area contributed by atoms with E-state index in [1.807, 2.05) is 0 Å². The van der Waals surface area contributed by atoms with Gasteiger partial charge in [-0.15, -0.1) is 0 Å². The summed E-state index contributed by atoms with van der Waals surface area (Å²) in [4.78, 5) is 6.90. The van der Waals surface area contributed by atoms with Gasteiger partial charge in [-0.3, -0.25) is 4.99 Å². The van der Waals surface area contributed by atoms with E-state index in [0.717, 1.165) is 25.4 Å². The molecule has 0 bridgehead atoms. The van der Waals surface area contributed by atoms with Crippen molar-refractivity contribution in [2.75, 3.05) is 32.7 Å². The van der Waals surface area contributed by atoms with Gasteiger partial charge in [0.05, 0.1) is 0 Å². The summed E-state index contributed by atoms with van der Waals surface area (Å²) in [6, 6.07) is 0. The first-order valence-corrected chi connectivity index (χ1v) is 6.52. The molecule has 0 atom stereocenters. The number of piperidine rings is 1. The van der Waals surface area contributed by atoms with Crippen molar-refractivity contribution in [3.8, 4) is 0 Å². The molecule has 3 N–H and O–H groups in total. The Labute approximate surface area is 99.3 Å². The van der Waals surface area contributed by atoms with Gasteiger partial charge >= 0.3 is 0 Å². The molecule has 0 saturated carbocycles. The van der Waals surface area contributed by atoms with E-state index in [1.54, 1.807) is 0 Å². The number of nitrogens with two attached hydrogens (primary N) is 1. The van der Waals surface area contributed by atoms with E-state index in [-0.39, 0.29) is 0 Å². The third-order valence-electron chi connectivity index (χ3n) is 3.23. The third kappa shape index (κ3) is 4.84. The first kappa shape index (κ1) is 13.3. The molecule has 0 radical (unpaired) electrons. The molecule has 0 unspecified atom stereocenters. The first-order chi connectivity index (χ1) is 7.76. The van der Waals surface area contributed by atoms with Crippen LogP contribution in [0.15, 0.2) is 4.99 Å². The van der Waals surface area contributed by atoms with Crippen LogP contribution in [-0.4, -0.2) is 43.6 Å². The zero-order chi connectivity index (χ0) is 11.8. The summed E-state index contributed by atoms with van der Waals surface area (Å²) < 4.78 is 0. The maximum Gasteiger partial charge on any atom is 0.188 e. The topological polar surface area (TPSA) is 53.6 Å². The molecule has 0 aliphatic carbocycles. The van der Waals surface area contributed by atoms with E-state index in [9.17, 15) is 0 Å². The molecule has 1 aliphatic heterocycles. The number of hydrogen-bond donors (Lipinski definition) is 2. The summed E-state index contributed by atoms with van der Waals surface area (Å²) >= 11 is 0. The molecular formula is C12H26N4. The molecule has 1 aliphatic rings. The summed E-state index contributed by atoms with van der Waals surface area (Å²) in [6.45, 7) is 9.78. The fourth-order valence-corrected chi connectivity index (χ4v) is 2.02. The highest BCUT2D eigenvalue weighted by molar-refractivity contribution is 5.77. The molecule has 0 spiro atoms. The van der Waals surface area contributed by atoms with Crippen LogP contribution in [0.2, 0.25) is 0 Å². The van der Waals surface area contributed by atoms with E-state index in [4.69, 9.17) is 5.73 Å². The Morgan fingerprint density at radius 2 is 2.06 bits per heavy atom. The standard InChI is InChI=1S/C12H26N4/c1-3-7-14-12(13)15-10-11-5-8-16(4-2)9-6-11/h11H,3-10H2,1-2H3,(H3,13,14,15). The zero-order valence-electron chi connectivity index (χ0n) is 10.7. The summed E-state index contributed by atoms with van der Waals surface area (Å²) in [6.07, 6.45) is 3.61. The second kappa shape index (κ2) is 7.49. The van der Waals surface area contributed by atoms with Crippen LogP contribution in [-0.2, 0) is 0 Å². The summed E-state index contributed by atoms with van der Waals surface area (Å²) in [5.74, 6) is 1.34. The Kier molecular flexibility index (Phi) is 6.23. The van der Waals surface area contributed by atoms with Gasteiger partial charge < -0.3 is 16.0 Å². The summed E-state index contributed by atoms with van der Waals surface area (Å²) in [7, 11) is 0. The number of rotatable bonds is 5. The number of guanidine groups is 1. The minimum absolute atomic E-state index is 0.611. The van der Waals surface area contributed by atoms with Crippen LogP contribution >= 0.6 is 0 Å². The number of likely N-dealkylation sites (tertiary alicyclic amines) is 1. The molecule has 1 heterocycles. The van der Waals surface area contributed by atoms with E-state index >= 15 is 0 Å². The average molecular weight is 226 g/mol.